The first-order valence-corrected chi connectivity index (χ1v) is 5.90. The van der Waals surface area contributed by atoms with Gasteiger partial charge in [-0.1, -0.05) is 6.42 Å². The molecule has 0 radical (unpaired) electrons. The first kappa shape index (κ1) is 19.7. The van der Waals surface area contributed by atoms with Crippen LogP contribution in [0.15, 0.2) is 21.8 Å². The Morgan fingerprint density at radius 2 is 2.28 bits per heavy atom. The Morgan fingerprint density at radius 1 is 1.61 bits per heavy atom. The first-order chi connectivity index (χ1) is 8.24. The molecule has 5 N–H and O–H groups in total. The summed E-state index contributed by atoms with van der Waals surface area (Å²) in [7, 11) is 0. The number of nitrogens with one attached hydrogen (secondary N) is 2. The van der Waals surface area contributed by atoms with Crippen LogP contribution in [0.4, 0.5) is 0 Å². The topological polar surface area (TPSA) is 123 Å². The number of hydrogen-bond donors (Lipinski definition) is 2. The summed E-state index contributed by atoms with van der Waals surface area (Å²) >= 11 is 1.55. The van der Waals surface area contributed by atoms with E-state index in [0.717, 1.165) is 5.56 Å². The predicted octanol–water partition coefficient (Wildman–Crippen LogP) is 2.36. The van der Waals surface area contributed by atoms with Crippen molar-refractivity contribution in [2.24, 2.45) is 10.8 Å². The normalized spacial score (nSPS) is 11.3. The Balaban J connectivity index is 0. The van der Waals surface area contributed by atoms with Gasteiger partial charge < -0.3 is 22.5 Å². The smallest absolute Gasteiger partial charge is 0.677 e. The molecule has 1 heterocycles. The molecular formula is C10H16N4O2SW. The summed E-state index contributed by atoms with van der Waals surface area (Å²) in [5, 5.41) is 12.7. The number of carboxylic acid groups (broad SMARTS) is 1. The van der Waals surface area contributed by atoms with Crippen LogP contribution in [0.25, 0.3) is 11.6 Å². The van der Waals surface area contributed by atoms with Crippen molar-refractivity contribution in [3.8, 4) is 0 Å². The van der Waals surface area contributed by atoms with Gasteiger partial charge >= 0.3 is 27.0 Å². The van der Waals surface area contributed by atoms with Crippen molar-refractivity contribution in [1.29, 1.82) is 0 Å². The predicted molar refractivity (Wildman–Crippen MR) is 70.3 cm³/mol. The molecule has 8 heteroatoms. The number of hydrogen-bond acceptors (Lipinski definition) is 4. The monoisotopic (exact) mass is 440 g/mol. The van der Waals surface area contributed by atoms with E-state index in [1.165, 1.54) is 0 Å². The molecule has 1 aromatic heterocycles. The van der Waals surface area contributed by atoms with Crippen molar-refractivity contribution in [2.45, 2.75) is 18.9 Å². The first-order valence-electron chi connectivity index (χ1n) is 4.95. The fourth-order valence-corrected chi connectivity index (χ4v) is 1.69. The standard InChI is InChI=1S/C10H13N2O2S.H3N2.W/c11-4-1-2-9(10(13)14)12-6-8-3-5-15-7-8;1-2;/h3,5-7,9,11H,1-2,4H2,(H,13,14);1H,2H2;/q2*-1;+2. The van der Waals surface area contributed by atoms with Crippen molar-refractivity contribution >= 4 is 23.5 Å². The molecule has 0 saturated heterocycles. The van der Waals surface area contributed by atoms with Gasteiger partial charge in [-0.25, -0.2) is 4.79 Å². The van der Waals surface area contributed by atoms with Gasteiger partial charge in [-0.3, -0.25) is 4.99 Å². The van der Waals surface area contributed by atoms with Crippen molar-refractivity contribution in [3.63, 3.8) is 0 Å². The number of carbonyl (C=O) groups is 1. The van der Waals surface area contributed by atoms with Gasteiger partial charge in [0.2, 0.25) is 0 Å². The summed E-state index contributed by atoms with van der Waals surface area (Å²) in [6.07, 6.45) is 2.58. The molecule has 1 aromatic rings. The van der Waals surface area contributed by atoms with Crippen LogP contribution in [-0.4, -0.2) is 29.9 Å². The van der Waals surface area contributed by atoms with Gasteiger partial charge in [0, 0.05) is 11.8 Å². The van der Waals surface area contributed by atoms with E-state index in [2.05, 4.69) is 10.8 Å². The van der Waals surface area contributed by atoms with Crippen LogP contribution < -0.4 is 5.84 Å². The minimum atomic E-state index is -0.921. The Morgan fingerprint density at radius 3 is 2.72 bits per heavy atom. The summed E-state index contributed by atoms with van der Waals surface area (Å²) in [6, 6.07) is 1.17. The average molecular weight is 440 g/mol. The molecule has 1 atom stereocenters. The molecule has 1 rings (SSSR count). The van der Waals surface area contributed by atoms with E-state index in [0.29, 0.717) is 12.8 Å². The maximum atomic E-state index is 10.8. The largest absolute Gasteiger partial charge is 2.00 e. The summed E-state index contributed by atoms with van der Waals surface area (Å²) in [4.78, 5) is 14.8. The maximum absolute atomic E-state index is 10.8. The van der Waals surface area contributed by atoms with E-state index in [4.69, 9.17) is 16.7 Å². The van der Waals surface area contributed by atoms with Gasteiger partial charge in [-0.15, -0.1) is 0 Å². The molecule has 18 heavy (non-hydrogen) atoms. The Bertz CT molecular complexity index is 333. The van der Waals surface area contributed by atoms with Gasteiger partial charge in [0.15, 0.2) is 0 Å². The van der Waals surface area contributed by atoms with E-state index >= 15 is 0 Å². The van der Waals surface area contributed by atoms with E-state index in [-0.39, 0.29) is 27.6 Å². The second-order valence-corrected chi connectivity index (χ2v) is 3.86. The van der Waals surface area contributed by atoms with Crippen LogP contribution in [0.1, 0.15) is 18.4 Å². The molecule has 0 aromatic carbocycles. The molecule has 0 bridgehead atoms. The summed E-state index contributed by atoms with van der Waals surface area (Å²) in [5.74, 6) is 8.08. The zero-order valence-corrected chi connectivity index (χ0v) is 13.5. The SMILES string of the molecule is [NH-]CCCC(N=Cc1ccsc1)C(=O)O.[NH-]N.[W+2]. The molecule has 0 spiro atoms. The van der Waals surface area contributed by atoms with Crippen LogP contribution in [0, 0.1) is 0 Å². The van der Waals surface area contributed by atoms with E-state index in [9.17, 15) is 4.79 Å². The number of rotatable bonds is 6. The zero-order valence-electron chi connectivity index (χ0n) is 9.70. The van der Waals surface area contributed by atoms with Gasteiger partial charge in [0.25, 0.3) is 0 Å². The Kier molecular flexibility index (Phi) is 14.1. The van der Waals surface area contributed by atoms with Crippen LogP contribution in [0.5, 0.6) is 0 Å². The fraction of sp³-hybridized carbons (Fsp3) is 0.400. The van der Waals surface area contributed by atoms with Crippen molar-refractivity contribution in [2.75, 3.05) is 6.54 Å². The van der Waals surface area contributed by atoms with Crippen LogP contribution in [0.2, 0.25) is 0 Å². The third kappa shape index (κ3) is 8.49. The van der Waals surface area contributed by atoms with Gasteiger partial charge in [-0.05, 0) is 23.2 Å². The molecule has 0 aliphatic heterocycles. The number of nitrogens with two attached hydrogens (primary N) is 1. The van der Waals surface area contributed by atoms with Crippen molar-refractivity contribution in [1.82, 2.24) is 0 Å². The molecule has 1 unspecified atom stereocenters. The molecule has 100 valence electrons. The third-order valence-corrected chi connectivity index (χ3v) is 2.59. The molecule has 6 nitrogen and oxygen atoms in total. The molecule has 0 aliphatic rings. The van der Waals surface area contributed by atoms with E-state index in [1.807, 2.05) is 16.8 Å². The maximum Gasteiger partial charge on any atom is 2.00 e. The second-order valence-electron chi connectivity index (χ2n) is 3.08. The van der Waals surface area contributed by atoms with Gasteiger partial charge in [0.05, 0.1) is 0 Å². The zero-order chi connectivity index (χ0) is 13.1. The van der Waals surface area contributed by atoms with Crippen molar-refractivity contribution in [3.05, 3.63) is 34.0 Å². The fourth-order valence-electron chi connectivity index (χ4n) is 1.08. The number of thiophene rings is 1. The van der Waals surface area contributed by atoms with Crippen LogP contribution in [0.3, 0.4) is 0 Å². The second kappa shape index (κ2) is 12.9. The number of nitrogens with zero attached hydrogens (tertiary/aromatic N) is 1. The molecular weight excluding hydrogens is 424 g/mol. The minimum absolute atomic E-state index is 0. The van der Waals surface area contributed by atoms with E-state index < -0.39 is 12.0 Å². The minimum Gasteiger partial charge on any atom is -0.677 e. The Labute approximate surface area is 124 Å². The Hall–Kier alpha value is -0.592. The molecule has 0 amide bonds. The number of aliphatic carboxylic acids is 1. The van der Waals surface area contributed by atoms with E-state index in [1.54, 1.807) is 17.6 Å². The molecule has 0 aliphatic carbocycles. The van der Waals surface area contributed by atoms with Crippen molar-refractivity contribution < 1.29 is 31.0 Å². The quantitative estimate of drug-likeness (QED) is 0.401. The van der Waals surface area contributed by atoms with Gasteiger partial charge in [0.1, 0.15) is 6.04 Å². The number of aliphatic imine (C=N–C) groups is 1. The van der Waals surface area contributed by atoms with Crippen LogP contribution >= 0.6 is 11.3 Å². The summed E-state index contributed by atoms with van der Waals surface area (Å²) < 4.78 is 0. The molecule has 0 saturated carbocycles. The number of carboxylic acids is 1. The van der Waals surface area contributed by atoms with Gasteiger partial charge in [-0.2, -0.15) is 17.9 Å². The summed E-state index contributed by atoms with van der Waals surface area (Å²) in [5.41, 5.74) is 7.89. The van der Waals surface area contributed by atoms with Crippen LogP contribution in [-0.2, 0) is 25.9 Å². The average Bonchev–Trinajstić information content (AvgIpc) is 2.84. The third-order valence-electron chi connectivity index (χ3n) is 1.89. The summed E-state index contributed by atoms with van der Waals surface area (Å²) in [6.45, 7) is 0.248. The molecule has 0 fully saturated rings.